The predicted octanol–water partition coefficient (Wildman–Crippen LogP) is 2.58. The lowest BCUT2D eigenvalue weighted by atomic mass is 10.2. The second-order valence-electron chi connectivity index (χ2n) is 3.42. The molecule has 0 N–H and O–H groups in total. The van der Waals surface area contributed by atoms with Crippen LogP contribution in [0.1, 0.15) is 16.1 Å². The van der Waals surface area contributed by atoms with Crippen molar-refractivity contribution in [1.29, 1.82) is 0 Å². The number of carbonyl (C=O) groups is 1. The van der Waals surface area contributed by atoms with Crippen LogP contribution in [0, 0.1) is 5.82 Å². The molecule has 0 amide bonds. The Balaban J connectivity index is 1.95. The Kier molecular flexibility index (Phi) is 3.45. The molecule has 1 heterocycles. The molecule has 0 spiro atoms. The molecular formula is C13H10FNO2. The van der Waals surface area contributed by atoms with Gasteiger partial charge in [0.05, 0.1) is 0 Å². The third-order valence-electron chi connectivity index (χ3n) is 2.16. The van der Waals surface area contributed by atoms with E-state index in [1.54, 1.807) is 30.3 Å². The molecule has 0 saturated carbocycles. The topological polar surface area (TPSA) is 39.2 Å². The van der Waals surface area contributed by atoms with Crippen molar-refractivity contribution >= 4 is 5.97 Å². The van der Waals surface area contributed by atoms with Crippen molar-refractivity contribution in [3.63, 3.8) is 0 Å². The van der Waals surface area contributed by atoms with Crippen LogP contribution in [0.5, 0.6) is 0 Å². The fourth-order valence-electron chi connectivity index (χ4n) is 1.29. The summed E-state index contributed by atoms with van der Waals surface area (Å²) in [5.41, 5.74) is 0.991. The summed E-state index contributed by atoms with van der Waals surface area (Å²) in [7, 11) is 0. The normalized spacial score (nSPS) is 9.94. The number of pyridine rings is 1. The SMILES string of the molecule is O=C(OCc1ccc(F)cc1)c1ccccn1. The van der Waals surface area contributed by atoms with Crippen LogP contribution in [0.25, 0.3) is 0 Å². The highest BCUT2D eigenvalue weighted by atomic mass is 19.1. The van der Waals surface area contributed by atoms with E-state index in [9.17, 15) is 9.18 Å². The number of nitrogens with zero attached hydrogens (tertiary/aromatic N) is 1. The summed E-state index contributed by atoms with van der Waals surface area (Å²) >= 11 is 0. The molecule has 0 atom stereocenters. The van der Waals surface area contributed by atoms with E-state index >= 15 is 0 Å². The second kappa shape index (κ2) is 5.21. The molecular weight excluding hydrogens is 221 g/mol. The van der Waals surface area contributed by atoms with Crippen molar-refractivity contribution in [2.24, 2.45) is 0 Å². The van der Waals surface area contributed by atoms with E-state index in [0.717, 1.165) is 5.56 Å². The maximum absolute atomic E-state index is 12.6. The first-order chi connectivity index (χ1) is 8.25. The van der Waals surface area contributed by atoms with Crippen molar-refractivity contribution in [3.8, 4) is 0 Å². The first-order valence-corrected chi connectivity index (χ1v) is 5.08. The van der Waals surface area contributed by atoms with Gasteiger partial charge in [-0.1, -0.05) is 18.2 Å². The molecule has 17 heavy (non-hydrogen) atoms. The van der Waals surface area contributed by atoms with Gasteiger partial charge in [0.25, 0.3) is 0 Å². The van der Waals surface area contributed by atoms with E-state index in [-0.39, 0.29) is 18.1 Å². The molecule has 0 unspecified atom stereocenters. The van der Waals surface area contributed by atoms with E-state index in [1.165, 1.54) is 18.3 Å². The second-order valence-corrected chi connectivity index (χ2v) is 3.42. The van der Waals surface area contributed by atoms with Crippen molar-refractivity contribution in [3.05, 3.63) is 65.7 Å². The summed E-state index contributed by atoms with van der Waals surface area (Å²) in [6.07, 6.45) is 1.52. The minimum absolute atomic E-state index is 0.107. The molecule has 0 fully saturated rings. The van der Waals surface area contributed by atoms with Gasteiger partial charge >= 0.3 is 5.97 Å². The Morgan fingerprint density at radius 3 is 2.59 bits per heavy atom. The molecule has 0 saturated heterocycles. The molecule has 0 aliphatic rings. The molecule has 2 aromatic rings. The van der Waals surface area contributed by atoms with Gasteiger partial charge in [0.15, 0.2) is 0 Å². The van der Waals surface area contributed by atoms with E-state index < -0.39 is 5.97 Å². The lowest BCUT2D eigenvalue weighted by Crippen LogP contribution is -2.06. The fraction of sp³-hybridized carbons (Fsp3) is 0.0769. The lowest BCUT2D eigenvalue weighted by molar-refractivity contribution is 0.0465. The Hall–Kier alpha value is -2.23. The zero-order chi connectivity index (χ0) is 12.1. The number of rotatable bonds is 3. The van der Waals surface area contributed by atoms with Gasteiger partial charge in [-0.2, -0.15) is 0 Å². The zero-order valence-electron chi connectivity index (χ0n) is 8.97. The van der Waals surface area contributed by atoms with Crippen LogP contribution in [0.15, 0.2) is 48.7 Å². The quantitative estimate of drug-likeness (QED) is 0.762. The third-order valence-corrected chi connectivity index (χ3v) is 2.16. The molecule has 1 aromatic heterocycles. The average molecular weight is 231 g/mol. The Bertz CT molecular complexity index is 497. The highest BCUT2D eigenvalue weighted by molar-refractivity contribution is 5.87. The molecule has 3 nitrogen and oxygen atoms in total. The average Bonchev–Trinajstić information content (AvgIpc) is 2.39. The molecule has 4 heteroatoms. The maximum atomic E-state index is 12.6. The van der Waals surface area contributed by atoms with Crippen molar-refractivity contribution < 1.29 is 13.9 Å². The number of benzene rings is 1. The van der Waals surface area contributed by atoms with Gasteiger partial charge in [0.2, 0.25) is 0 Å². The van der Waals surface area contributed by atoms with E-state index in [0.29, 0.717) is 0 Å². The van der Waals surface area contributed by atoms with Gasteiger partial charge in [-0.25, -0.2) is 14.2 Å². The van der Waals surface area contributed by atoms with Crippen molar-refractivity contribution in [1.82, 2.24) is 4.98 Å². The molecule has 0 aliphatic heterocycles. The van der Waals surface area contributed by atoms with Crippen LogP contribution < -0.4 is 0 Å². The molecule has 0 radical (unpaired) electrons. The maximum Gasteiger partial charge on any atom is 0.357 e. The molecule has 0 aliphatic carbocycles. The number of esters is 1. The van der Waals surface area contributed by atoms with Gasteiger partial charge in [-0.15, -0.1) is 0 Å². The first-order valence-electron chi connectivity index (χ1n) is 5.08. The van der Waals surface area contributed by atoms with Crippen LogP contribution >= 0.6 is 0 Å². The summed E-state index contributed by atoms with van der Waals surface area (Å²) in [5.74, 6) is -0.806. The van der Waals surface area contributed by atoms with Crippen molar-refractivity contribution in [2.75, 3.05) is 0 Å². The number of halogens is 1. The van der Waals surface area contributed by atoms with E-state index in [1.807, 2.05) is 0 Å². The molecule has 86 valence electrons. The number of ether oxygens (including phenoxy) is 1. The van der Waals surface area contributed by atoms with Gasteiger partial charge in [-0.05, 0) is 29.8 Å². The Labute approximate surface area is 97.9 Å². The largest absolute Gasteiger partial charge is 0.456 e. The van der Waals surface area contributed by atoms with Gasteiger partial charge in [0.1, 0.15) is 18.1 Å². The van der Waals surface area contributed by atoms with Crippen LogP contribution in [0.4, 0.5) is 4.39 Å². The summed E-state index contributed by atoms with van der Waals surface area (Å²) in [6, 6.07) is 10.8. The first kappa shape index (κ1) is 11.3. The summed E-state index contributed by atoms with van der Waals surface area (Å²) in [4.78, 5) is 15.4. The number of aromatic nitrogens is 1. The summed E-state index contributed by atoms with van der Waals surface area (Å²) < 4.78 is 17.7. The molecule has 0 bridgehead atoms. The van der Waals surface area contributed by atoms with Crippen LogP contribution in [0.2, 0.25) is 0 Å². The van der Waals surface area contributed by atoms with E-state index in [2.05, 4.69) is 4.98 Å². The fourth-order valence-corrected chi connectivity index (χ4v) is 1.29. The minimum atomic E-state index is -0.491. The standard InChI is InChI=1S/C13H10FNO2/c14-11-6-4-10(5-7-11)9-17-13(16)12-3-1-2-8-15-12/h1-8H,9H2. The summed E-state index contributed by atoms with van der Waals surface area (Å²) in [5, 5.41) is 0. The monoisotopic (exact) mass is 231 g/mol. The number of hydrogen-bond donors (Lipinski definition) is 0. The number of hydrogen-bond acceptors (Lipinski definition) is 3. The smallest absolute Gasteiger partial charge is 0.357 e. The highest BCUT2D eigenvalue weighted by Gasteiger charge is 2.07. The Morgan fingerprint density at radius 2 is 1.94 bits per heavy atom. The Morgan fingerprint density at radius 1 is 1.18 bits per heavy atom. The molecule has 2 rings (SSSR count). The van der Waals surface area contributed by atoms with Gasteiger partial charge in [0, 0.05) is 6.20 Å². The number of carbonyl (C=O) groups excluding carboxylic acids is 1. The lowest BCUT2D eigenvalue weighted by Gasteiger charge is -2.03. The predicted molar refractivity (Wildman–Crippen MR) is 59.8 cm³/mol. The van der Waals surface area contributed by atoms with Gasteiger partial charge < -0.3 is 4.74 Å². The zero-order valence-corrected chi connectivity index (χ0v) is 8.97. The summed E-state index contributed by atoms with van der Waals surface area (Å²) in [6.45, 7) is 0.107. The van der Waals surface area contributed by atoms with Crippen LogP contribution in [-0.4, -0.2) is 11.0 Å². The highest BCUT2D eigenvalue weighted by Crippen LogP contribution is 2.06. The van der Waals surface area contributed by atoms with Crippen LogP contribution in [0.3, 0.4) is 0 Å². The van der Waals surface area contributed by atoms with Gasteiger partial charge in [-0.3, -0.25) is 0 Å². The minimum Gasteiger partial charge on any atom is -0.456 e. The van der Waals surface area contributed by atoms with Crippen molar-refractivity contribution in [2.45, 2.75) is 6.61 Å². The van der Waals surface area contributed by atoms with E-state index in [4.69, 9.17) is 4.74 Å². The third kappa shape index (κ3) is 3.11. The van der Waals surface area contributed by atoms with Crippen LogP contribution in [-0.2, 0) is 11.3 Å². The molecule has 1 aromatic carbocycles.